The molecule has 0 radical (unpaired) electrons. The molecule has 0 bridgehead atoms. The molecule has 0 aromatic carbocycles. The second kappa shape index (κ2) is 6.85. The molecule has 1 fully saturated rings. The molecule has 2 aliphatic heterocycles. The fourth-order valence-electron chi connectivity index (χ4n) is 3.63. The average Bonchev–Trinajstić information content (AvgIpc) is 3.09. The second-order valence-electron chi connectivity index (χ2n) is 6.48. The van der Waals surface area contributed by atoms with Gasteiger partial charge < -0.3 is 9.84 Å². The smallest absolute Gasteiger partial charge is 0.337 e. The number of pyridine rings is 1. The number of carbonyl (C=O) groups is 1. The van der Waals surface area contributed by atoms with E-state index in [4.69, 9.17) is 9.72 Å². The van der Waals surface area contributed by atoms with Crippen LogP contribution in [0.3, 0.4) is 0 Å². The van der Waals surface area contributed by atoms with Gasteiger partial charge in [-0.25, -0.2) is 14.8 Å². The molecular formula is C18H20N4O3. The van der Waals surface area contributed by atoms with Crippen LogP contribution in [-0.4, -0.2) is 63.3 Å². The lowest BCUT2D eigenvalue weighted by molar-refractivity contribution is 0.0697. The monoisotopic (exact) mass is 340 g/mol. The summed E-state index contributed by atoms with van der Waals surface area (Å²) in [5, 5.41) is 9.62. The largest absolute Gasteiger partial charge is 0.478 e. The first kappa shape index (κ1) is 16.1. The third kappa shape index (κ3) is 3.25. The highest BCUT2D eigenvalue weighted by atomic mass is 16.5. The molecule has 2 aromatic rings. The van der Waals surface area contributed by atoms with Gasteiger partial charge in [0.25, 0.3) is 0 Å². The van der Waals surface area contributed by atoms with Crippen LogP contribution in [0, 0.1) is 0 Å². The Hall–Kier alpha value is -2.38. The van der Waals surface area contributed by atoms with Gasteiger partial charge in [-0.05, 0) is 24.5 Å². The summed E-state index contributed by atoms with van der Waals surface area (Å²) in [5.74, 6) is -0.973. The summed E-state index contributed by atoms with van der Waals surface area (Å²) in [7, 11) is 0. The standard InChI is InChI=1S/C18H20N4O3/c23-18(24)15-7-12-1-4-22(14-3-6-25-10-14)5-2-16(12)21-17(15)13-8-19-11-20-9-13/h7-9,11,14H,1-6,10H2,(H,23,24). The van der Waals surface area contributed by atoms with E-state index >= 15 is 0 Å². The molecule has 0 saturated carbocycles. The Labute approximate surface area is 145 Å². The molecule has 1 saturated heterocycles. The zero-order valence-electron chi connectivity index (χ0n) is 13.9. The third-order valence-electron chi connectivity index (χ3n) is 4.98. The Morgan fingerprint density at radius 2 is 2.04 bits per heavy atom. The number of rotatable bonds is 3. The number of ether oxygens (including phenoxy) is 1. The highest BCUT2D eigenvalue weighted by Gasteiger charge is 2.27. The Morgan fingerprint density at radius 1 is 1.24 bits per heavy atom. The van der Waals surface area contributed by atoms with Crippen LogP contribution in [0.5, 0.6) is 0 Å². The molecule has 2 aliphatic rings. The van der Waals surface area contributed by atoms with Crippen LogP contribution in [-0.2, 0) is 17.6 Å². The number of aromatic carboxylic acids is 1. The lowest BCUT2D eigenvalue weighted by Gasteiger charge is -2.25. The Kier molecular flexibility index (Phi) is 4.42. The van der Waals surface area contributed by atoms with Crippen LogP contribution in [0.2, 0.25) is 0 Å². The van der Waals surface area contributed by atoms with Gasteiger partial charge in [0.15, 0.2) is 0 Å². The van der Waals surface area contributed by atoms with E-state index in [2.05, 4.69) is 14.9 Å². The first-order chi connectivity index (χ1) is 12.2. The Morgan fingerprint density at radius 3 is 2.76 bits per heavy atom. The van der Waals surface area contributed by atoms with Crippen molar-refractivity contribution in [2.75, 3.05) is 26.3 Å². The zero-order chi connectivity index (χ0) is 17.2. The Balaban J connectivity index is 1.68. The molecule has 4 rings (SSSR count). The minimum absolute atomic E-state index is 0.214. The van der Waals surface area contributed by atoms with Crippen LogP contribution < -0.4 is 0 Å². The predicted molar refractivity (Wildman–Crippen MR) is 90.4 cm³/mol. The molecule has 1 atom stereocenters. The minimum atomic E-state index is -0.973. The average molecular weight is 340 g/mol. The van der Waals surface area contributed by atoms with Gasteiger partial charge in [0.2, 0.25) is 0 Å². The van der Waals surface area contributed by atoms with Crippen LogP contribution in [0.1, 0.15) is 28.0 Å². The van der Waals surface area contributed by atoms with Gasteiger partial charge in [-0.1, -0.05) is 0 Å². The van der Waals surface area contributed by atoms with Crippen LogP contribution >= 0.6 is 0 Å². The van der Waals surface area contributed by atoms with Gasteiger partial charge in [0, 0.05) is 55.8 Å². The van der Waals surface area contributed by atoms with Gasteiger partial charge in [-0.3, -0.25) is 9.88 Å². The van der Waals surface area contributed by atoms with Gasteiger partial charge in [0.1, 0.15) is 6.33 Å². The molecule has 2 aromatic heterocycles. The van der Waals surface area contributed by atoms with Crippen molar-refractivity contribution in [2.24, 2.45) is 0 Å². The fourth-order valence-corrected chi connectivity index (χ4v) is 3.63. The van der Waals surface area contributed by atoms with Gasteiger partial charge in [-0.2, -0.15) is 0 Å². The van der Waals surface area contributed by atoms with Gasteiger partial charge in [0.05, 0.1) is 17.9 Å². The van der Waals surface area contributed by atoms with Crippen LogP contribution in [0.25, 0.3) is 11.3 Å². The van der Waals surface area contributed by atoms with Crippen molar-refractivity contribution in [3.05, 3.63) is 41.6 Å². The minimum Gasteiger partial charge on any atom is -0.478 e. The first-order valence-corrected chi connectivity index (χ1v) is 8.55. The lowest BCUT2D eigenvalue weighted by atomic mass is 10.0. The van der Waals surface area contributed by atoms with E-state index in [0.29, 0.717) is 17.3 Å². The topological polar surface area (TPSA) is 88.4 Å². The number of hydrogen-bond donors (Lipinski definition) is 1. The van der Waals surface area contributed by atoms with Crippen LogP contribution in [0.4, 0.5) is 0 Å². The van der Waals surface area contributed by atoms with Crippen molar-refractivity contribution in [2.45, 2.75) is 25.3 Å². The molecule has 1 N–H and O–H groups in total. The van der Waals surface area contributed by atoms with Gasteiger partial charge in [-0.15, -0.1) is 0 Å². The summed E-state index contributed by atoms with van der Waals surface area (Å²) in [6, 6.07) is 2.25. The summed E-state index contributed by atoms with van der Waals surface area (Å²) in [6.07, 6.45) is 7.32. The van der Waals surface area contributed by atoms with E-state index in [9.17, 15) is 9.90 Å². The number of aromatic nitrogens is 3. The molecule has 130 valence electrons. The van der Waals surface area contributed by atoms with Crippen molar-refractivity contribution in [1.29, 1.82) is 0 Å². The highest BCUT2D eigenvalue weighted by Crippen LogP contribution is 2.26. The molecule has 0 amide bonds. The quantitative estimate of drug-likeness (QED) is 0.904. The number of hydrogen-bond acceptors (Lipinski definition) is 6. The van der Waals surface area contributed by atoms with Crippen molar-refractivity contribution in [3.8, 4) is 11.3 Å². The van der Waals surface area contributed by atoms with Crippen molar-refractivity contribution in [1.82, 2.24) is 19.9 Å². The van der Waals surface area contributed by atoms with E-state index in [1.807, 2.05) is 0 Å². The Bertz CT molecular complexity index is 775. The normalized spacial score (nSPS) is 20.9. The molecule has 0 spiro atoms. The number of carboxylic acid groups (broad SMARTS) is 1. The van der Waals surface area contributed by atoms with E-state index in [0.717, 1.165) is 56.8 Å². The molecule has 4 heterocycles. The summed E-state index contributed by atoms with van der Waals surface area (Å²) in [5.41, 5.74) is 3.30. The maximum atomic E-state index is 11.7. The van der Waals surface area contributed by atoms with E-state index < -0.39 is 5.97 Å². The third-order valence-corrected chi connectivity index (χ3v) is 4.98. The lowest BCUT2D eigenvalue weighted by Crippen LogP contribution is -2.37. The SMILES string of the molecule is O=C(O)c1cc2c(nc1-c1cncnc1)CCN(C1CCOC1)CC2. The molecule has 25 heavy (non-hydrogen) atoms. The summed E-state index contributed by atoms with van der Waals surface area (Å²) < 4.78 is 5.51. The maximum absolute atomic E-state index is 11.7. The van der Waals surface area contributed by atoms with Crippen LogP contribution in [0.15, 0.2) is 24.8 Å². The number of fused-ring (bicyclic) bond motifs is 1. The molecule has 7 nitrogen and oxygen atoms in total. The second-order valence-corrected chi connectivity index (χ2v) is 6.48. The van der Waals surface area contributed by atoms with Crippen molar-refractivity contribution >= 4 is 5.97 Å². The van der Waals surface area contributed by atoms with E-state index in [-0.39, 0.29) is 5.56 Å². The summed E-state index contributed by atoms with van der Waals surface area (Å²) >= 11 is 0. The molecule has 7 heteroatoms. The fraction of sp³-hybridized carbons (Fsp3) is 0.444. The molecule has 1 unspecified atom stereocenters. The number of nitrogens with zero attached hydrogens (tertiary/aromatic N) is 4. The van der Waals surface area contributed by atoms with E-state index in [1.165, 1.54) is 6.33 Å². The summed E-state index contributed by atoms with van der Waals surface area (Å²) in [6.45, 7) is 3.45. The highest BCUT2D eigenvalue weighted by molar-refractivity contribution is 5.94. The van der Waals surface area contributed by atoms with Crippen molar-refractivity contribution in [3.63, 3.8) is 0 Å². The summed E-state index contributed by atoms with van der Waals surface area (Å²) in [4.78, 5) is 26.9. The molecular weight excluding hydrogens is 320 g/mol. The molecule has 0 aliphatic carbocycles. The van der Waals surface area contributed by atoms with Gasteiger partial charge >= 0.3 is 5.97 Å². The number of carboxylic acids is 1. The predicted octanol–water partition coefficient (Wildman–Crippen LogP) is 1.43. The maximum Gasteiger partial charge on any atom is 0.337 e. The van der Waals surface area contributed by atoms with Crippen molar-refractivity contribution < 1.29 is 14.6 Å². The first-order valence-electron chi connectivity index (χ1n) is 8.55. The zero-order valence-corrected chi connectivity index (χ0v) is 13.9. The van der Waals surface area contributed by atoms with E-state index in [1.54, 1.807) is 18.5 Å².